The van der Waals surface area contributed by atoms with Crippen LogP contribution in [0.5, 0.6) is 0 Å². The molecule has 152 valence electrons. The van der Waals surface area contributed by atoms with Gasteiger partial charge in [0.2, 0.25) is 0 Å². The molecule has 0 fully saturated rings. The number of aliphatic hydroxyl groups is 1. The highest BCUT2D eigenvalue weighted by Crippen LogP contribution is 2.21. The maximum absolute atomic E-state index is 12.1. The second-order valence-corrected chi connectivity index (χ2v) is 6.40. The van der Waals surface area contributed by atoms with E-state index in [1.54, 1.807) is 6.08 Å². The number of ether oxygens (including phenoxy) is 1. The van der Waals surface area contributed by atoms with Gasteiger partial charge in [0.25, 0.3) is 11.6 Å². The molecule has 0 heterocycles. The van der Waals surface area contributed by atoms with E-state index in [-0.39, 0.29) is 30.0 Å². The summed E-state index contributed by atoms with van der Waals surface area (Å²) >= 11 is 0. The lowest BCUT2D eigenvalue weighted by molar-refractivity contribution is -0.385. The molecule has 0 aromatic heterocycles. The van der Waals surface area contributed by atoms with E-state index in [9.17, 15) is 24.8 Å². The second kappa shape index (κ2) is 10.3. The number of rotatable bonds is 6. The van der Waals surface area contributed by atoms with E-state index in [2.05, 4.69) is 10.6 Å². The van der Waals surface area contributed by atoms with Gasteiger partial charge in [-0.3, -0.25) is 14.9 Å². The molecular weight excluding hydrogens is 368 g/mol. The molecule has 1 aromatic carbocycles. The Labute approximate surface area is 161 Å². The number of allylic oxidation sites excluding steroid dienone is 1. The van der Waals surface area contributed by atoms with Crippen LogP contribution in [0.2, 0.25) is 0 Å². The summed E-state index contributed by atoms with van der Waals surface area (Å²) in [5.74, 6) is -0.640. The van der Waals surface area contributed by atoms with Gasteiger partial charge in [0.05, 0.1) is 11.0 Å². The Morgan fingerprint density at radius 1 is 1.25 bits per heavy atom. The van der Waals surface area contributed by atoms with Crippen LogP contribution in [0.3, 0.4) is 0 Å². The van der Waals surface area contributed by atoms with Gasteiger partial charge in [-0.1, -0.05) is 6.08 Å². The summed E-state index contributed by atoms with van der Waals surface area (Å²) in [4.78, 5) is 34.3. The molecule has 0 saturated carbocycles. The van der Waals surface area contributed by atoms with E-state index in [0.717, 1.165) is 12.5 Å². The number of nitrogen functional groups attached to an aromatic ring is 1. The molecule has 2 unspecified atom stereocenters. The number of hydrogen-bond donors (Lipinski definition) is 4. The Morgan fingerprint density at radius 3 is 2.75 bits per heavy atom. The molecule has 0 spiro atoms. The van der Waals surface area contributed by atoms with Crippen molar-refractivity contribution in [1.82, 2.24) is 10.6 Å². The number of carbonyl (C=O) groups is 2. The van der Waals surface area contributed by atoms with Gasteiger partial charge < -0.3 is 26.2 Å². The normalized spacial score (nSPS) is 20.3. The molecule has 0 bridgehead atoms. The zero-order chi connectivity index (χ0) is 20.5. The van der Waals surface area contributed by atoms with Crippen molar-refractivity contribution in [3.05, 3.63) is 46.0 Å². The van der Waals surface area contributed by atoms with Crippen molar-refractivity contribution >= 4 is 23.4 Å². The lowest BCUT2D eigenvalue weighted by Crippen LogP contribution is -2.36. The monoisotopic (exact) mass is 392 g/mol. The van der Waals surface area contributed by atoms with E-state index < -0.39 is 29.1 Å². The number of nitro groups is 1. The molecule has 1 aromatic rings. The van der Waals surface area contributed by atoms with E-state index in [1.807, 2.05) is 6.08 Å². The highest BCUT2D eigenvalue weighted by molar-refractivity contribution is 5.98. The van der Waals surface area contributed by atoms with Gasteiger partial charge in [-0.15, -0.1) is 0 Å². The minimum absolute atomic E-state index is 0.0642. The van der Waals surface area contributed by atoms with E-state index in [4.69, 9.17) is 10.5 Å². The predicted octanol–water partition coefficient (Wildman–Crippen LogP) is 1.49. The molecule has 10 nitrogen and oxygen atoms in total. The first-order valence-corrected chi connectivity index (χ1v) is 8.98. The minimum atomic E-state index is -0.680. The molecule has 2 rings (SSSR count). The standard InChI is InChI=1S/C18H24N4O6/c19-12-5-8-15(16(11-12)22(26)27)17(24)20-9-10-21-18(25)28-14-4-2-1-3-13(23)6-7-14/h2,4-5,8,11,13-14,23H,1,3,6-7,9-10,19H2,(H,20,24)(H,21,25)/b4-2+. The third kappa shape index (κ3) is 6.54. The van der Waals surface area contributed by atoms with Crippen LogP contribution in [-0.2, 0) is 4.74 Å². The number of carbonyl (C=O) groups excluding carboxylic acids is 2. The highest BCUT2D eigenvalue weighted by atomic mass is 16.6. The van der Waals surface area contributed by atoms with Crippen LogP contribution >= 0.6 is 0 Å². The first kappa shape index (κ1) is 21.2. The van der Waals surface area contributed by atoms with Crippen molar-refractivity contribution in [2.24, 2.45) is 0 Å². The van der Waals surface area contributed by atoms with Crippen molar-refractivity contribution in [1.29, 1.82) is 0 Å². The molecular formula is C18H24N4O6. The first-order chi connectivity index (χ1) is 13.4. The lowest BCUT2D eigenvalue weighted by Gasteiger charge is -2.19. The Hall–Kier alpha value is -3.14. The fourth-order valence-corrected chi connectivity index (χ4v) is 2.74. The topological polar surface area (TPSA) is 157 Å². The van der Waals surface area contributed by atoms with E-state index >= 15 is 0 Å². The van der Waals surface area contributed by atoms with Crippen molar-refractivity contribution < 1.29 is 24.4 Å². The minimum Gasteiger partial charge on any atom is -0.442 e. The Morgan fingerprint density at radius 2 is 2.00 bits per heavy atom. The van der Waals surface area contributed by atoms with Crippen molar-refractivity contribution in [2.75, 3.05) is 18.8 Å². The molecule has 0 aliphatic heterocycles. The van der Waals surface area contributed by atoms with Gasteiger partial charge in [-0.25, -0.2) is 4.79 Å². The van der Waals surface area contributed by atoms with Crippen LogP contribution < -0.4 is 16.4 Å². The smallest absolute Gasteiger partial charge is 0.407 e. The number of nitrogens with two attached hydrogens (primary N) is 1. The van der Waals surface area contributed by atoms with Crippen LogP contribution in [-0.4, -0.2) is 47.3 Å². The van der Waals surface area contributed by atoms with Crippen molar-refractivity contribution in [3.63, 3.8) is 0 Å². The van der Waals surface area contributed by atoms with Gasteiger partial charge in [0.1, 0.15) is 11.7 Å². The Bertz CT molecular complexity index is 752. The number of anilines is 1. The molecule has 1 aliphatic carbocycles. The van der Waals surface area contributed by atoms with Crippen LogP contribution in [0.15, 0.2) is 30.4 Å². The first-order valence-electron chi connectivity index (χ1n) is 8.98. The molecule has 2 atom stereocenters. The van der Waals surface area contributed by atoms with Gasteiger partial charge in [0.15, 0.2) is 0 Å². The Kier molecular flexibility index (Phi) is 7.76. The number of nitrogens with one attached hydrogen (secondary N) is 2. The number of hydrogen-bond acceptors (Lipinski definition) is 7. The summed E-state index contributed by atoms with van der Waals surface area (Å²) in [6.45, 7) is 0.154. The highest BCUT2D eigenvalue weighted by Gasteiger charge is 2.20. The third-order valence-corrected chi connectivity index (χ3v) is 4.20. The number of benzene rings is 1. The molecule has 2 amide bonds. The number of aliphatic hydroxyl groups excluding tert-OH is 1. The van der Waals surface area contributed by atoms with Gasteiger partial charge in [0, 0.05) is 24.8 Å². The number of alkyl carbamates (subject to hydrolysis) is 1. The summed E-state index contributed by atoms with van der Waals surface area (Å²) in [5.41, 5.74) is 5.19. The van der Waals surface area contributed by atoms with Crippen molar-refractivity contribution in [3.8, 4) is 0 Å². The maximum atomic E-state index is 12.1. The second-order valence-electron chi connectivity index (χ2n) is 6.40. The summed E-state index contributed by atoms with van der Waals surface area (Å²) in [5, 5.41) is 25.7. The number of nitro benzene ring substituents is 1. The average molecular weight is 392 g/mol. The predicted molar refractivity (Wildman–Crippen MR) is 102 cm³/mol. The van der Waals surface area contributed by atoms with Gasteiger partial charge >= 0.3 is 6.09 Å². The zero-order valence-corrected chi connectivity index (χ0v) is 15.3. The van der Waals surface area contributed by atoms with E-state index in [1.165, 1.54) is 12.1 Å². The largest absolute Gasteiger partial charge is 0.442 e. The van der Waals surface area contributed by atoms with Crippen LogP contribution in [0.4, 0.5) is 16.2 Å². The number of nitrogens with zero attached hydrogens (tertiary/aromatic N) is 1. The summed E-state index contributed by atoms with van der Waals surface area (Å²) in [6.07, 6.45) is 4.73. The molecule has 0 saturated heterocycles. The molecule has 5 N–H and O–H groups in total. The quantitative estimate of drug-likeness (QED) is 0.188. The van der Waals surface area contributed by atoms with Crippen LogP contribution in [0.1, 0.15) is 36.0 Å². The third-order valence-electron chi connectivity index (χ3n) is 4.20. The summed E-state index contributed by atoms with van der Waals surface area (Å²) in [7, 11) is 0. The zero-order valence-electron chi connectivity index (χ0n) is 15.3. The maximum Gasteiger partial charge on any atom is 0.407 e. The number of amides is 2. The lowest BCUT2D eigenvalue weighted by atomic mass is 10.0. The summed E-state index contributed by atoms with van der Waals surface area (Å²) in [6, 6.07) is 3.79. The fourth-order valence-electron chi connectivity index (χ4n) is 2.74. The SMILES string of the molecule is Nc1ccc(C(=O)NCCNC(=O)OC2/C=C/CCC(O)CC2)c([N+](=O)[O-])c1. The molecule has 10 heteroatoms. The van der Waals surface area contributed by atoms with Crippen LogP contribution in [0, 0.1) is 10.1 Å². The average Bonchev–Trinajstić information content (AvgIpc) is 2.64. The molecule has 1 aliphatic rings. The van der Waals surface area contributed by atoms with Crippen LogP contribution in [0.25, 0.3) is 0 Å². The van der Waals surface area contributed by atoms with Gasteiger partial charge in [-0.2, -0.15) is 0 Å². The Balaban J connectivity index is 1.76. The molecule has 0 radical (unpaired) electrons. The van der Waals surface area contributed by atoms with Gasteiger partial charge in [-0.05, 0) is 43.9 Å². The molecule has 28 heavy (non-hydrogen) atoms. The fraction of sp³-hybridized carbons (Fsp3) is 0.444. The van der Waals surface area contributed by atoms with E-state index in [0.29, 0.717) is 19.3 Å². The van der Waals surface area contributed by atoms with Crippen molar-refractivity contribution in [2.45, 2.75) is 37.9 Å². The summed E-state index contributed by atoms with van der Waals surface area (Å²) < 4.78 is 5.27.